The summed E-state index contributed by atoms with van der Waals surface area (Å²) in [6, 6.07) is 5.83. The topological polar surface area (TPSA) is 64.4 Å². The SMILES string of the molecule is Cc1cc(C(N)=O)ccc1NC1CCCOC1. The zero-order valence-corrected chi connectivity index (χ0v) is 10.0. The Morgan fingerprint density at radius 3 is 2.94 bits per heavy atom. The molecule has 1 atom stereocenters. The molecule has 0 bridgehead atoms. The van der Waals surface area contributed by atoms with Gasteiger partial charge < -0.3 is 15.8 Å². The van der Waals surface area contributed by atoms with Crippen LogP contribution in [-0.2, 0) is 4.74 Å². The van der Waals surface area contributed by atoms with Crippen LogP contribution >= 0.6 is 0 Å². The Morgan fingerprint density at radius 2 is 2.35 bits per heavy atom. The monoisotopic (exact) mass is 234 g/mol. The molecule has 1 aliphatic heterocycles. The molecule has 1 amide bonds. The molecule has 1 unspecified atom stereocenters. The molecule has 1 aromatic rings. The summed E-state index contributed by atoms with van der Waals surface area (Å²) in [7, 11) is 0. The summed E-state index contributed by atoms with van der Waals surface area (Å²) < 4.78 is 5.42. The second-order valence-corrected chi connectivity index (χ2v) is 4.45. The van der Waals surface area contributed by atoms with Crippen molar-refractivity contribution in [1.82, 2.24) is 0 Å². The van der Waals surface area contributed by atoms with E-state index in [1.807, 2.05) is 19.1 Å². The number of anilines is 1. The number of carbonyl (C=O) groups is 1. The normalized spacial score (nSPS) is 19.9. The van der Waals surface area contributed by atoms with Crippen molar-refractivity contribution in [3.05, 3.63) is 29.3 Å². The van der Waals surface area contributed by atoms with Gasteiger partial charge in [0.15, 0.2) is 0 Å². The predicted molar refractivity (Wildman–Crippen MR) is 67.2 cm³/mol. The molecule has 0 spiro atoms. The van der Waals surface area contributed by atoms with E-state index in [-0.39, 0.29) is 5.91 Å². The van der Waals surface area contributed by atoms with E-state index < -0.39 is 0 Å². The van der Waals surface area contributed by atoms with E-state index in [1.165, 1.54) is 0 Å². The van der Waals surface area contributed by atoms with Gasteiger partial charge in [0.05, 0.1) is 6.61 Å². The summed E-state index contributed by atoms with van der Waals surface area (Å²) in [4.78, 5) is 11.0. The van der Waals surface area contributed by atoms with Crippen LogP contribution < -0.4 is 11.1 Å². The number of primary amides is 1. The summed E-state index contributed by atoms with van der Waals surface area (Å²) >= 11 is 0. The van der Waals surface area contributed by atoms with Gasteiger partial charge in [0.25, 0.3) is 0 Å². The molecule has 0 saturated carbocycles. The third kappa shape index (κ3) is 2.97. The number of amides is 1. The number of nitrogens with one attached hydrogen (secondary N) is 1. The first-order valence-corrected chi connectivity index (χ1v) is 5.91. The standard InChI is InChI=1S/C13H18N2O2/c1-9-7-10(13(14)16)4-5-12(9)15-11-3-2-6-17-8-11/h4-5,7,11,15H,2-3,6,8H2,1H3,(H2,14,16). The lowest BCUT2D eigenvalue weighted by molar-refractivity contribution is 0.0876. The van der Waals surface area contributed by atoms with Crippen molar-refractivity contribution >= 4 is 11.6 Å². The molecule has 0 aliphatic carbocycles. The van der Waals surface area contributed by atoms with E-state index in [1.54, 1.807) is 6.07 Å². The van der Waals surface area contributed by atoms with Crippen LogP contribution in [0.5, 0.6) is 0 Å². The van der Waals surface area contributed by atoms with Gasteiger partial charge in [-0.1, -0.05) is 0 Å². The van der Waals surface area contributed by atoms with Gasteiger partial charge in [0.2, 0.25) is 5.91 Å². The van der Waals surface area contributed by atoms with Gasteiger partial charge >= 0.3 is 0 Å². The molecule has 4 nitrogen and oxygen atoms in total. The van der Waals surface area contributed by atoms with Gasteiger partial charge in [-0.05, 0) is 43.5 Å². The van der Waals surface area contributed by atoms with E-state index in [9.17, 15) is 4.79 Å². The lowest BCUT2D eigenvalue weighted by Crippen LogP contribution is -2.30. The van der Waals surface area contributed by atoms with Crippen LogP contribution in [0.1, 0.15) is 28.8 Å². The Hall–Kier alpha value is -1.55. The molecule has 3 N–H and O–H groups in total. The summed E-state index contributed by atoms with van der Waals surface area (Å²) in [5.74, 6) is -0.388. The molecule has 2 rings (SSSR count). The number of aryl methyl sites for hydroxylation is 1. The molecule has 1 aromatic carbocycles. The predicted octanol–water partition coefficient (Wildman–Crippen LogP) is 1.68. The zero-order chi connectivity index (χ0) is 12.3. The summed E-state index contributed by atoms with van der Waals surface area (Å²) in [6.45, 7) is 3.58. The van der Waals surface area contributed by atoms with E-state index in [0.29, 0.717) is 11.6 Å². The van der Waals surface area contributed by atoms with Crippen molar-refractivity contribution in [2.24, 2.45) is 5.73 Å². The number of ether oxygens (including phenoxy) is 1. The van der Waals surface area contributed by atoms with Crippen LogP contribution in [-0.4, -0.2) is 25.2 Å². The van der Waals surface area contributed by atoms with Crippen LogP contribution in [0.3, 0.4) is 0 Å². The van der Waals surface area contributed by atoms with Crippen molar-refractivity contribution < 1.29 is 9.53 Å². The number of hydrogen-bond acceptors (Lipinski definition) is 3. The molecule has 1 saturated heterocycles. The van der Waals surface area contributed by atoms with E-state index >= 15 is 0 Å². The molecule has 92 valence electrons. The highest BCUT2D eigenvalue weighted by atomic mass is 16.5. The molecule has 1 fully saturated rings. The van der Waals surface area contributed by atoms with Crippen molar-refractivity contribution in [3.8, 4) is 0 Å². The maximum atomic E-state index is 11.0. The number of hydrogen-bond donors (Lipinski definition) is 2. The molecular weight excluding hydrogens is 216 g/mol. The van der Waals surface area contributed by atoms with Crippen LogP contribution in [0, 0.1) is 6.92 Å². The lowest BCUT2D eigenvalue weighted by atomic mass is 10.1. The highest BCUT2D eigenvalue weighted by Gasteiger charge is 2.14. The summed E-state index contributed by atoms with van der Waals surface area (Å²) in [5.41, 5.74) is 7.87. The fraction of sp³-hybridized carbons (Fsp3) is 0.462. The van der Waals surface area contributed by atoms with Gasteiger partial charge in [-0.15, -0.1) is 0 Å². The van der Waals surface area contributed by atoms with Crippen molar-refractivity contribution in [2.45, 2.75) is 25.8 Å². The van der Waals surface area contributed by atoms with E-state index in [2.05, 4.69) is 5.32 Å². The third-order valence-electron chi connectivity index (χ3n) is 3.03. The largest absolute Gasteiger partial charge is 0.380 e. The molecule has 1 aliphatic rings. The smallest absolute Gasteiger partial charge is 0.248 e. The average Bonchev–Trinajstić information content (AvgIpc) is 2.33. The number of benzene rings is 1. The van der Waals surface area contributed by atoms with Gasteiger partial charge in [0, 0.05) is 23.9 Å². The molecular formula is C13H18N2O2. The fourth-order valence-electron chi connectivity index (χ4n) is 2.05. The summed E-state index contributed by atoms with van der Waals surface area (Å²) in [6.07, 6.45) is 2.22. The number of carbonyl (C=O) groups excluding carboxylic acids is 1. The fourth-order valence-corrected chi connectivity index (χ4v) is 2.05. The molecule has 0 radical (unpaired) electrons. The van der Waals surface area contributed by atoms with E-state index in [4.69, 9.17) is 10.5 Å². The van der Waals surface area contributed by atoms with E-state index in [0.717, 1.165) is 37.3 Å². The minimum absolute atomic E-state index is 0.363. The molecule has 17 heavy (non-hydrogen) atoms. The second-order valence-electron chi connectivity index (χ2n) is 4.45. The minimum Gasteiger partial charge on any atom is -0.380 e. The highest BCUT2D eigenvalue weighted by Crippen LogP contribution is 2.19. The van der Waals surface area contributed by atoms with Crippen LogP contribution in [0.2, 0.25) is 0 Å². The Morgan fingerprint density at radius 1 is 1.53 bits per heavy atom. The highest BCUT2D eigenvalue weighted by molar-refractivity contribution is 5.93. The van der Waals surface area contributed by atoms with Gasteiger partial charge in [0.1, 0.15) is 0 Å². The van der Waals surface area contributed by atoms with Gasteiger partial charge in [-0.25, -0.2) is 0 Å². The van der Waals surface area contributed by atoms with Gasteiger partial charge in [-0.2, -0.15) is 0 Å². The minimum atomic E-state index is -0.388. The summed E-state index contributed by atoms with van der Waals surface area (Å²) in [5, 5.41) is 3.44. The molecule has 4 heteroatoms. The maximum Gasteiger partial charge on any atom is 0.248 e. The lowest BCUT2D eigenvalue weighted by Gasteiger charge is -2.25. The average molecular weight is 234 g/mol. The van der Waals surface area contributed by atoms with Gasteiger partial charge in [-0.3, -0.25) is 4.79 Å². The Balaban J connectivity index is 2.08. The quantitative estimate of drug-likeness (QED) is 0.836. The Kier molecular flexibility index (Phi) is 3.64. The first-order chi connectivity index (χ1) is 8.16. The van der Waals surface area contributed by atoms with Crippen molar-refractivity contribution in [1.29, 1.82) is 0 Å². The third-order valence-corrected chi connectivity index (χ3v) is 3.03. The zero-order valence-electron chi connectivity index (χ0n) is 10.0. The number of rotatable bonds is 3. The second kappa shape index (κ2) is 5.19. The van der Waals surface area contributed by atoms with Crippen molar-refractivity contribution in [2.75, 3.05) is 18.5 Å². The Labute approximate surface area is 101 Å². The van der Waals surface area contributed by atoms with Crippen LogP contribution in [0.4, 0.5) is 5.69 Å². The Bertz CT molecular complexity index is 412. The van der Waals surface area contributed by atoms with Crippen LogP contribution in [0.15, 0.2) is 18.2 Å². The van der Waals surface area contributed by atoms with Crippen LogP contribution in [0.25, 0.3) is 0 Å². The molecule has 1 heterocycles. The first kappa shape index (κ1) is 11.9. The van der Waals surface area contributed by atoms with Crippen molar-refractivity contribution in [3.63, 3.8) is 0 Å². The molecule has 0 aromatic heterocycles. The first-order valence-electron chi connectivity index (χ1n) is 5.91. The maximum absolute atomic E-state index is 11.0. The number of nitrogens with two attached hydrogens (primary N) is 1.